The molecule has 2 fully saturated rings. The Balaban J connectivity index is 1.55. The minimum absolute atomic E-state index is 0.166. The molecule has 2 aliphatic heterocycles. The molecule has 0 aliphatic carbocycles. The molecule has 2 saturated heterocycles. The Kier molecular flexibility index (Phi) is 3.48. The van der Waals surface area contributed by atoms with E-state index < -0.39 is 5.79 Å². The van der Waals surface area contributed by atoms with Crippen LogP contribution in [0, 0.1) is 0 Å². The van der Waals surface area contributed by atoms with Gasteiger partial charge in [0.15, 0.2) is 5.79 Å². The first-order valence-corrected chi connectivity index (χ1v) is 6.72. The van der Waals surface area contributed by atoms with Gasteiger partial charge in [-0.25, -0.2) is 0 Å². The molecular weight excluding hydrogens is 244 g/mol. The van der Waals surface area contributed by atoms with Gasteiger partial charge < -0.3 is 14.4 Å². The highest BCUT2D eigenvalue weighted by Gasteiger charge is 2.40. The Morgan fingerprint density at radius 2 is 1.84 bits per heavy atom. The number of nitrogens with zero attached hydrogens (tertiary/aromatic N) is 2. The fourth-order valence-corrected chi connectivity index (χ4v) is 2.67. The smallest absolute Gasteiger partial charge is 0.226 e. The van der Waals surface area contributed by atoms with Crippen molar-refractivity contribution in [2.24, 2.45) is 0 Å². The van der Waals surface area contributed by atoms with E-state index in [1.807, 2.05) is 17.0 Å². The number of ether oxygens (including phenoxy) is 2. The maximum atomic E-state index is 12.2. The Bertz CT molecular complexity index is 433. The van der Waals surface area contributed by atoms with E-state index in [-0.39, 0.29) is 5.91 Å². The maximum Gasteiger partial charge on any atom is 0.226 e. The average Bonchev–Trinajstić information content (AvgIpc) is 2.89. The summed E-state index contributed by atoms with van der Waals surface area (Å²) in [5.41, 5.74) is 1.01. The summed E-state index contributed by atoms with van der Waals surface area (Å²) in [5.74, 6) is -0.243. The van der Waals surface area contributed by atoms with Crippen LogP contribution < -0.4 is 0 Å². The standard InChI is InChI=1S/C14H18N2O3/c17-13(11-12-1-5-15-6-2-12)16-7-3-14(4-8-16)18-9-10-19-14/h1-2,5-6H,3-4,7-11H2. The van der Waals surface area contributed by atoms with E-state index in [0.29, 0.717) is 32.7 Å². The molecule has 0 saturated carbocycles. The van der Waals surface area contributed by atoms with Crippen LogP contribution in [0.3, 0.4) is 0 Å². The van der Waals surface area contributed by atoms with E-state index in [9.17, 15) is 4.79 Å². The van der Waals surface area contributed by atoms with Gasteiger partial charge in [0.25, 0.3) is 0 Å². The molecule has 0 bridgehead atoms. The lowest BCUT2D eigenvalue weighted by Crippen LogP contribution is -2.47. The fraction of sp³-hybridized carbons (Fsp3) is 0.571. The van der Waals surface area contributed by atoms with Crippen molar-refractivity contribution in [1.82, 2.24) is 9.88 Å². The summed E-state index contributed by atoms with van der Waals surface area (Å²) in [4.78, 5) is 18.0. The second-order valence-corrected chi connectivity index (χ2v) is 5.02. The molecule has 3 rings (SSSR count). The molecule has 3 heterocycles. The third-order valence-electron chi connectivity index (χ3n) is 3.80. The quantitative estimate of drug-likeness (QED) is 0.797. The van der Waals surface area contributed by atoms with Gasteiger partial charge in [-0.1, -0.05) is 0 Å². The number of hydrogen-bond donors (Lipinski definition) is 0. The van der Waals surface area contributed by atoms with E-state index in [2.05, 4.69) is 4.98 Å². The number of carbonyl (C=O) groups excluding carboxylic acids is 1. The first-order chi connectivity index (χ1) is 9.27. The van der Waals surface area contributed by atoms with Gasteiger partial charge in [0.05, 0.1) is 19.6 Å². The minimum Gasteiger partial charge on any atom is -0.347 e. The van der Waals surface area contributed by atoms with Crippen molar-refractivity contribution in [1.29, 1.82) is 0 Å². The van der Waals surface area contributed by atoms with Gasteiger partial charge in [-0.15, -0.1) is 0 Å². The zero-order valence-electron chi connectivity index (χ0n) is 10.9. The van der Waals surface area contributed by atoms with Crippen molar-refractivity contribution < 1.29 is 14.3 Å². The predicted octanol–water partition coefficient (Wildman–Crippen LogP) is 0.990. The molecule has 0 aromatic carbocycles. The van der Waals surface area contributed by atoms with E-state index in [0.717, 1.165) is 18.4 Å². The van der Waals surface area contributed by atoms with E-state index >= 15 is 0 Å². The molecule has 0 atom stereocenters. The molecule has 1 amide bonds. The molecule has 5 nitrogen and oxygen atoms in total. The van der Waals surface area contributed by atoms with Crippen molar-refractivity contribution in [3.63, 3.8) is 0 Å². The summed E-state index contributed by atoms with van der Waals surface area (Å²) in [6.45, 7) is 2.77. The van der Waals surface area contributed by atoms with Crippen LogP contribution in [0.25, 0.3) is 0 Å². The second-order valence-electron chi connectivity index (χ2n) is 5.02. The number of carbonyl (C=O) groups is 1. The Morgan fingerprint density at radius 3 is 2.47 bits per heavy atom. The first-order valence-electron chi connectivity index (χ1n) is 6.72. The summed E-state index contributed by atoms with van der Waals surface area (Å²) < 4.78 is 11.3. The third kappa shape index (κ3) is 2.77. The van der Waals surface area contributed by atoms with Crippen molar-refractivity contribution >= 4 is 5.91 Å². The van der Waals surface area contributed by atoms with Crippen LogP contribution in [0.15, 0.2) is 24.5 Å². The molecule has 102 valence electrons. The molecule has 0 N–H and O–H groups in total. The van der Waals surface area contributed by atoms with Crippen LogP contribution in [-0.4, -0.2) is 47.9 Å². The van der Waals surface area contributed by atoms with Crippen LogP contribution in [0.1, 0.15) is 18.4 Å². The highest BCUT2D eigenvalue weighted by Crippen LogP contribution is 2.31. The largest absolute Gasteiger partial charge is 0.347 e. The lowest BCUT2D eigenvalue weighted by atomic mass is 10.0. The number of likely N-dealkylation sites (tertiary alicyclic amines) is 1. The molecular formula is C14H18N2O3. The third-order valence-corrected chi connectivity index (χ3v) is 3.80. The van der Waals surface area contributed by atoms with E-state index in [1.54, 1.807) is 12.4 Å². The SMILES string of the molecule is O=C(Cc1ccncc1)N1CCC2(CC1)OCCO2. The Morgan fingerprint density at radius 1 is 1.21 bits per heavy atom. The van der Waals surface area contributed by atoms with Crippen molar-refractivity contribution in [2.45, 2.75) is 25.0 Å². The number of rotatable bonds is 2. The zero-order chi connectivity index (χ0) is 13.1. The number of piperidine rings is 1. The average molecular weight is 262 g/mol. The van der Waals surface area contributed by atoms with Crippen LogP contribution in [0.4, 0.5) is 0 Å². The summed E-state index contributed by atoms with van der Waals surface area (Å²) in [5, 5.41) is 0. The van der Waals surface area contributed by atoms with Crippen LogP contribution in [0.5, 0.6) is 0 Å². The van der Waals surface area contributed by atoms with Gasteiger partial charge in [0.1, 0.15) is 0 Å². The first kappa shape index (κ1) is 12.6. The molecule has 5 heteroatoms. The summed E-state index contributed by atoms with van der Waals surface area (Å²) in [6, 6.07) is 3.76. The number of pyridine rings is 1. The van der Waals surface area contributed by atoms with Gasteiger partial charge in [0.2, 0.25) is 5.91 Å². The van der Waals surface area contributed by atoms with Gasteiger partial charge in [-0.3, -0.25) is 9.78 Å². The summed E-state index contributed by atoms with van der Waals surface area (Å²) >= 11 is 0. The molecule has 1 aromatic rings. The monoisotopic (exact) mass is 262 g/mol. The number of hydrogen-bond acceptors (Lipinski definition) is 4. The molecule has 2 aliphatic rings. The van der Waals surface area contributed by atoms with Gasteiger partial charge >= 0.3 is 0 Å². The van der Waals surface area contributed by atoms with Gasteiger partial charge in [-0.2, -0.15) is 0 Å². The van der Waals surface area contributed by atoms with Crippen molar-refractivity contribution in [2.75, 3.05) is 26.3 Å². The predicted molar refractivity (Wildman–Crippen MR) is 68.4 cm³/mol. The molecule has 0 radical (unpaired) electrons. The zero-order valence-corrected chi connectivity index (χ0v) is 10.9. The summed E-state index contributed by atoms with van der Waals surface area (Å²) in [7, 11) is 0. The molecule has 1 spiro atoms. The topological polar surface area (TPSA) is 51.7 Å². The molecule has 0 unspecified atom stereocenters. The van der Waals surface area contributed by atoms with Crippen molar-refractivity contribution in [3.05, 3.63) is 30.1 Å². The normalized spacial score (nSPS) is 21.8. The lowest BCUT2D eigenvalue weighted by molar-refractivity contribution is -0.187. The van der Waals surface area contributed by atoms with Gasteiger partial charge in [-0.05, 0) is 17.7 Å². The highest BCUT2D eigenvalue weighted by molar-refractivity contribution is 5.78. The minimum atomic E-state index is -0.409. The van der Waals surface area contributed by atoms with Gasteiger partial charge in [0, 0.05) is 38.3 Å². The lowest BCUT2D eigenvalue weighted by Gasteiger charge is -2.37. The second kappa shape index (κ2) is 5.27. The molecule has 19 heavy (non-hydrogen) atoms. The van der Waals surface area contributed by atoms with Crippen LogP contribution in [-0.2, 0) is 20.7 Å². The highest BCUT2D eigenvalue weighted by atomic mass is 16.7. The maximum absolute atomic E-state index is 12.2. The van der Waals surface area contributed by atoms with Crippen molar-refractivity contribution in [3.8, 4) is 0 Å². The Labute approximate surface area is 112 Å². The van der Waals surface area contributed by atoms with Crippen LogP contribution >= 0.6 is 0 Å². The Hall–Kier alpha value is -1.46. The fourth-order valence-electron chi connectivity index (χ4n) is 2.67. The molecule has 1 aromatic heterocycles. The summed E-state index contributed by atoms with van der Waals surface area (Å²) in [6.07, 6.45) is 5.42. The van der Waals surface area contributed by atoms with E-state index in [4.69, 9.17) is 9.47 Å². The number of aromatic nitrogens is 1. The van der Waals surface area contributed by atoms with Crippen LogP contribution in [0.2, 0.25) is 0 Å². The van der Waals surface area contributed by atoms with E-state index in [1.165, 1.54) is 0 Å². The number of amides is 1.